The Morgan fingerprint density at radius 2 is 1.77 bits per heavy atom. The summed E-state index contributed by atoms with van der Waals surface area (Å²) < 4.78 is 9.12. The maximum Gasteiger partial charge on any atom is 0.410 e. The lowest BCUT2D eigenvalue weighted by atomic mass is 10.2. The molecule has 1 aliphatic carbocycles. The third-order valence-electron chi connectivity index (χ3n) is 2.38. The van der Waals surface area contributed by atoms with Crippen LogP contribution >= 0.6 is 0 Å². The number of esters is 1. The molecule has 0 saturated heterocycles. The van der Waals surface area contributed by atoms with Gasteiger partial charge in [0.05, 0.1) is 14.2 Å². The minimum atomic E-state index is -0.762. The molecule has 0 radical (unpaired) electrons. The Bertz CT molecular complexity index is 234. The van der Waals surface area contributed by atoms with Crippen molar-refractivity contribution in [2.45, 2.75) is 18.4 Å². The predicted octanol–water partition coefficient (Wildman–Crippen LogP) is 0.390. The average molecular weight is 187 g/mol. The van der Waals surface area contributed by atoms with Crippen LogP contribution in [0.1, 0.15) is 12.8 Å². The molecular weight excluding hydrogens is 174 g/mol. The van der Waals surface area contributed by atoms with Crippen LogP contribution in [0.5, 0.6) is 0 Å². The highest BCUT2D eigenvalue weighted by atomic mass is 16.5. The number of ether oxygens (including phenoxy) is 2. The van der Waals surface area contributed by atoms with E-state index in [1.807, 2.05) is 0 Å². The molecule has 0 aromatic rings. The molecule has 0 atom stereocenters. The molecule has 0 heterocycles. The summed E-state index contributed by atoms with van der Waals surface area (Å²) in [5, 5.41) is 0. The molecule has 74 valence electrons. The van der Waals surface area contributed by atoms with E-state index >= 15 is 0 Å². The Labute approximate surface area is 76.6 Å². The fourth-order valence-electron chi connectivity index (χ4n) is 1.30. The molecule has 0 N–H and O–H groups in total. The van der Waals surface area contributed by atoms with Crippen molar-refractivity contribution in [1.82, 2.24) is 4.90 Å². The van der Waals surface area contributed by atoms with Gasteiger partial charge in [0.2, 0.25) is 0 Å². The van der Waals surface area contributed by atoms with E-state index < -0.39 is 11.6 Å². The largest absolute Gasteiger partial charge is 0.467 e. The molecule has 0 aliphatic heterocycles. The Morgan fingerprint density at radius 3 is 2.08 bits per heavy atom. The summed E-state index contributed by atoms with van der Waals surface area (Å²) >= 11 is 0. The van der Waals surface area contributed by atoms with Gasteiger partial charge >= 0.3 is 12.1 Å². The molecule has 0 aromatic heterocycles. The average Bonchev–Trinajstić information content (AvgIpc) is 2.95. The van der Waals surface area contributed by atoms with Crippen LogP contribution in [0.25, 0.3) is 0 Å². The molecular formula is C8H13NO4. The van der Waals surface area contributed by atoms with Gasteiger partial charge in [-0.2, -0.15) is 0 Å². The number of methoxy groups -OCH3 is 2. The second kappa shape index (κ2) is 3.24. The van der Waals surface area contributed by atoms with Crippen LogP contribution in [-0.2, 0) is 14.3 Å². The van der Waals surface area contributed by atoms with Gasteiger partial charge in [-0.1, -0.05) is 0 Å². The van der Waals surface area contributed by atoms with Gasteiger partial charge < -0.3 is 9.47 Å². The summed E-state index contributed by atoms with van der Waals surface area (Å²) in [5.41, 5.74) is -0.762. The summed E-state index contributed by atoms with van der Waals surface area (Å²) in [6.45, 7) is 0. The van der Waals surface area contributed by atoms with Gasteiger partial charge in [-0.15, -0.1) is 0 Å². The SMILES string of the molecule is COC(=O)N(C)C1(C(=O)OC)CC1. The Balaban J connectivity index is 2.70. The van der Waals surface area contributed by atoms with Crippen LogP contribution in [0.3, 0.4) is 0 Å². The monoisotopic (exact) mass is 187 g/mol. The molecule has 5 heteroatoms. The summed E-state index contributed by atoms with van der Waals surface area (Å²) in [6, 6.07) is 0. The zero-order chi connectivity index (χ0) is 10.1. The van der Waals surface area contributed by atoms with Crippen molar-refractivity contribution in [3.05, 3.63) is 0 Å². The molecule has 1 fully saturated rings. The molecule has 0 unspecified atom stereocenters. The smallest absolute Gasteiger partial charge is 0.410 e. The third kappa shape index (κ3) is 1.46. The van der Waals surface area contributed by atoms with Gasteiger partial charge in [0.15, 0.2) is 0 Å². The van der Waals surface area contributed by atoms with Gasteiger partial charge in [-0.3, -0.25) is 4.90 Å². The highest BCUT2D eigenvalue weighted by molar-refractivity contribution is 5.88. The topological polar surface area (TPSA) is 55.8 Å². The number of carbonyl (C=O) groups is 2. The van der Waals surface area contributed by atoms with Crippen LogP contribution in [0.15, 0.2) is 0 Å². The molecule has 0 spiro atoms. The first-order valence-corrected chi connectivity index (χ1v) is 3.98. The van der Waals surface area contributed by atoms with Crippen molar-refractivity contribution in [2.24, 2.45) is 0 Å². The van der Waals surface area contributed by atoms with E-state index in [4.69, 9.17) is 0 Å². The van der Waals surface area contributed by atoms with E-state index in [1.54, 1.807) is 0 Å². The van der Waals surface area contributed by atoms with E-state index in [0.717, 1.165) is 0 Å². The maximum absolute atomic E-state index is 11.3. The standard InChI is InChI=1S/C8H13NO4/c1-9(7(11)13-3)8(4-5-8)6(10)12-2/h4-5H2,1-3H3. The lowest BCUT2D eigenvalue weighted by molar-refractivity contribution is -0.147. The molecule has 13 heavy (non-hydrogen) atoms. The highest BCUT2D eigenvalue weighted by Crippen LogP contribution is 2.42. The van der Waals surface area contributed by atoms with Crippen molar-refractivity contribution >= 4 is 12.1 Å². The number of amides is 1. The highest BCUT2D eigenvalue weighted by Gasteiger charge is 2.56. The summed E-state index contributed by atoms with van der Waals surface area (Å²) in [6.07, 6.45) is 0.777. The molecule has 5 nitrogen and oxygen atoms in total. The first-order chi connectivity index (χ1) is 6.08. The van der Waals surface area contributed by atoms with E-state index in [2.05, 4.69) is 9.47 Å². The minimum absolute atomic E-state index is 0.375. The van der Waals surface area contributed by atoms with Crippen molar-refractivity contribution in [3.8, 4) is 0 Å². The van der Waals surface area contributed by atoms with E-state index in [0.29, 0.717) is 12.8 Å². The molecule has 1 amide bonds. The van der Waals surface area contributed by atoms with Crippen LogP contribution in [0.2, 0.25) is 0 Å². The quantitative estimate of drug-likeness (QED) is 0.587. The summed E-state index contributed by atoms with van der Waals surface area (Å²) in [5.74, 6) is -0.375. The van der Waals surface area contributed by atoms with Gasteiger partial charge in [0.25, 0.3) is 0 Å². The number of hydrogen-bond acceptors (Lipinski definition) is 4. The molecule has 1 rings (SSSR count). The predicted molar refractivity (Wildman–Crippen MR) is 44.1 cm³/mol. The molecule has 0 bridgehead atoms. The maximum atomic E-state index is 11.3. The minimum Gasteiger partial charge on any atom is -0.467 e. The second-order valence-corrected chi connectivity index (χ2v) is 3.05. The first-order valence-electron chi connectivity index (χ1n) is 3.98. The fourth-order valence-corrected chi connectivity index (χ4v) is 1.30. The number of nitrogens with zero attached hydrogens (tertiary/aromatic N) is 1. The van der Waals surface area contributed by atoms with Crippen molar-refractivity contribution in [2.75, 3.05) is 21.3 Å². The Hall–Kier alpha value is -1.26. The van der Waals surface area contributed by atoms with Gasteiger partial charge in [-0.05, 0) is 12.8 Å². The summed E-state index contributed by atoms with van der Waals surface area (Å²) in [4.78, 5) is 23.7. The van der Waals surface area contributed by atoms with Gasteiger partial charge in [0.1, 0.15) is 5.54 Å². The van der Waals surface area contributed by atoms with Gasteiger partial charge in [-0.25, -0.2) is 9.59 Å². The van der Waals surface area contributed by atoms with Crippen molar-refractivity contribution in [3.63, 3.8) is 0 Å². The number of likely N-dealkylation sites (N-methyl/N-ethyl adjacent to an activating group) is 1. The normalized spacial score (nSPS) is 17.5. The van der Waals surface area contributed by atoms with Crippen LogP contribution in [0, 0.1) is 0 Å². The first kappa shape index (κ1) is 9.83. The van der Waals surface area contributed by atoms with E-state index in [9.17, 15) is 9.59 Å². The zero-order valence-electron chi connectivity index (χ0n) is 7.99. The van der Waals surface area contributed by atoms with E-state index in [1.165, 1.54) is 26.2 Å². The summed E-state index contributed by atoms with van der Waals surface area (Å²) in [7, 11) is 4.13. The number of hydrogen-bond donors (Lipinski definition) is 0. The molecule has 1 aliphatic rings. The zero-order valence-corrected chi connectivity index (χ0v) is 7.99. The Kier molecular flexibility index (Phi) is 2.45. The van der Waals surface area contributed by atoms with Crippen molar-refractivity contribution < 1.29 is 19.1 Å². The Morgan fingerprint density at radius 1 is 1.23 bits per heavy atom. The second-order valence-electron chi connectivity index (χ2n) is 3.05. The molecule has 1 saturated carbocycles. The third-order valence-corrected chi connectivity index (χ3v) is 2.38. The van der Waals surface area contributed by atoms with Crippen LogP contribution < -0.4 is 0 Å². The van der Waals surface area contributed by atoms with Crippen molar-refractivity contribution in [1.29, 1.82) is 0 Å². The molecule has 0 aromatic carbocycles. The number of rotatable bonds is 2. The lowest BCUT2D eigenvalue weighted by Gasteiger charge is -2.23. The lowest BCUT2D eigenvalue weighted by Crippen LogP contribution is -2.45. The van der Waals surface area contributed by atoms with E-state index in [-0.39, 0.29) is 5.97 Å². The van der Waals surface area contributed by atoms with Crippen LogP contribution in [0.4, 0.5) is 4.79 Å². The fraction of sp³-hybridized carbons (Fsp3) is 0.750. The van der Waals surface area contributed by atoms with Gasteiger partial charge in [0, 0.05) is 7.05 Å². The van der Waals surface area contributed by atoms with Crippen LogP contribution in [-0.4, -0.2) is 43.8 Å². The number of carbonyl (C=O) groups excluding carboxylic acids is 2.